The number of benzene rings is 2. The molecule has 2 aromatic carbocycles. The lowest BCUT2D eigenvalue weighted by Crippen LogP contribution is -2.28. The number of nitrogens with one attached hydrogen (secondary N) is 1. The lowest BCUT2D eigenvalue weighted by atomic mass is 10.1. The van der Waals surface area contributed by atoms with E-state index >= 15 is 0 Å². The van der Waals surface area contributed by atoms with Crippen LogP contribution in [0.2, 0.25) is 0 Å². The van der Waals surface area contributed by atoms with Crippen LogP contribution < -0.4 is 10.5 Å². The summed E-state index contributed by atoms with van der Waals surface area (Å²) in [4.78, 5) is 0.134. The highest BCUT2D eigenvalue weighted by Crippen LogP contribution is 2.21. The number of nitrogens with two attached hydrogens (primary N) is 1. The maximum Gasteiger partial charge on any atom is 0.241 e. The number of anilines is 1. The van der Waals surface area contributed by atoms with Crippen molar-refractivity contribution in [2.75, 3.05) is 12.3 Å². The van der Waals surface area contributed by atoms with E-state index in [1.165, 1.54) is 6.07 Å². The molecule has 2 rings (SSSR count). The molecule has 112 valence electrons. The molecule has 21 heavy (non-hydrogen) atoms. The number of hydrogen-bond acceptors (Lipinski definition) is 4. The molecule has 0 aliphatic heterocycles. The molecule has 5 nitrogen and oxygen atoms in total. The zero-order chi connectivity index (χ0) is 15.5. The summed E-state index contributed by atoms with van der Waals surface area (Å²) in [6, 6.07) is 13.1. The third-order valence-electron chi connectivity index (χ3n) is 2.91. The third-order valence-corrected chi connectivity index (χ3v) is 5.35. The Labute approximate surface area is 132 Å². The van der Waals surface area contributed by atoms with Crippen molar-refractivity contribution in [1.82, 2.24) is 4.72 Å². The number of rotatable bonds is 5. The average molecular weight is 371 g/mol. The van der Waals surface area contributed by atoms with Crippen LogP contribution in [0.3, 0.4) is 0 Å². The second-order valence-corrected chi connectivity index (χ2v) is 7.05. The zero-order valence-corrected chi connectivity index (χ0v) is 13.4. The Kier molecular flexibility index (Phi) is 5.00. The molecule has 0 heterocycles. The molecule has 0 spiro atoms. The third kappa shape index (κ3) is 4.04. The van der Waals surface area contributed by atoms with Crippen molar-refractivity contribution in [3.63, 3.8) is 0 Å². The molecule has 0 amide bonds. The highest BCUT2D eigenvalue weighted by atomic mass is 79.9. The van der Waals surface area contributed by atoms with E-state index in [-0.39, 0.29) is 11.4 Å². The fourth-order valence-corrected chi connectivity index (χ4v) is 3.80. The van der Waals surface area contributed by atoms with Gasteiger partial charge in [-0.25, -0.2) is 13.1 Å². The number of nitrogen functional groups attached to an aromatic ring is 1. The van der Waals surface area contributed by atoms with Gasteiger partial charge in [-0.2, -0.15) is 0 Å². The largest absolute Gasteiger partial charge is 0.399 e. The van der Waals surface area contributed by atoms with Crippen LogP contribution in [0.1, 0.15) is 11.7 Å². The van der Waals surface area contributed by atoms with Crippen molar-refractivity contribution in [1.29, 1.82) is 0 Å². The molecule has 1 atom stereocenters. The first-order valence-corrected chi connectivity index (χ1v) is 8.45. The Morgan fingerprint density at radius 2 is 1.76 bits per heavy atom. The van der Waals surface area contributed by atoms with Gasteiger partial charge in [-0.3, -0.25) is 0 Å². The molecule has 7 heteroatoms. The summed E-state index contributed by atoms with van der Waals surface area (Å²) in [6.45, 7) is -0.117. The molecule has 0 radical (unpaired) electrons. The molecule has 0 fully saturated rings. The van der Waals surface area contributed by atoms with Gasteiger partial charge >= 0.3 is 0 Å². The van der Waals surface area contributed by atoms with Crippen molar-refractivity contribution in [2.45, 2.75) is 11.0 Å². The molecule has 0 saturated heterocycles. The van der Waals surface area contributed by atoms with Crippen LogP contribution in [0.25, 0.3) is 0 Å². The summed E-state index contributed by atoms with van der Waals surface area (Å²) in [5.74, 6) is 0. The van der Waals surface area contributed by atoms with Gasteiger partial charge in [0, 0.05) is 16.7 Å². The van der Waals surface area contributed by atoms with Crippen LogP contribution in [0.4, 0.5) is 5.69 Å². The number of aliphatic hydroxyl groups is 1. The quantitative estimate of drug-likeness (QED) is 0.702. The summed E-state index contributed by atoms with van der Waals surface area (Å²) < 4.78 is 27.2. The van der Waals surface area contributed by atoms with E-state index in [0.717, 1.165) is 0 Å². The maximum atomic E-state index is 12.2. The minimum atomic E-state index is -3.68. The summed E-state index contributed by atoms with van der Waals surface area (Å²) in [6.07, 6.45) is -0.942. The van der Waals surface area contributed by atoms with Gasteiger partial charge in [0.15, 0.2) is 0 Å². The molecule has 0 aliphatic carbocycles. The van der Waals surface area contributed by atoms with E-state index in [1.807, 2.05) is 0 Å². The first kappa shape index (κ1) is 16.0. The maximum absolute atomic E-state index is 12.2. The van der Waals surface area contributed by atoms with E-state index in [0.29, 0.717) is 15.7 Å². The van der Waals surface area contributed by atoms with Crippen molar-refractivity contribution >= 4 is 31.6 Å². The Hall–Kier alpha value is -1.41. The van der Waals surface area contributed by atoms with Crippen LogP contribution in [-0.4, -0.2) is 20.1 Å². The van der Waals surface area contributed by atoms with Crippen LogP contribution >= 0.6 is 15.9 Å². The molecule has 2 aromatic rings. The number of halogens is 1. The molecular weight excluding hydrogens is 356 g/mol. The monoisotopic (exact) mass is 370 g/mol. The predicted molar refractivity (Wildman–Crippen MR) is 85.1 cm³/mol. The van der Waals surface area contributed by atoms with Crippen molar-refractivity contribution < 1.29 is 13.5 Å². The van der Waals surface area contributed by atoms with E-state index < -0.39 is 16.1 Å². The molecule has 4 N–H and O–H groups in total. The van der Waals surface area contributed by atoms with Crippen LogP contribution in [0.5, 0.6) is 0 Å². The highest BCUT2D eigenvalue weighted by Gasteiger charge is 2.18. The van der Waals surface area contributed by atoms with Crippen molar-refractivity contribution in [3.8, 4) is 0 Å². The fraction of sp³-hybridized carbons (Fsp3) is 0.143. The SMILES string of the molecule is Nc1ccc(C(O)CNS(=O)(=O)c2ccccc2Br)cc1. The van der Waals surface area contributed by atoms with Crippen LogP contribution in [-0.2, 0) is 10.0 Å². The van der Waals surface area contributed by atoms with Gasteiger partial charge in [0.2, 0.25) is 10.0 Å². The normalized spacial score (nSPS) is 13.0. The van der Waals surface area contributed by atoms with Gasteiger partial charge in [-0.1, -0.05) is 24.3 Å². The van der Waals surface area contributed by atoms with Gasteiger partial charge in [-0.15, -0.1) is 0 Å². The minimum absolute atomic E-state index is 0.117. The standard InChI is InChI=1S/C14H15BrN2O3S/c15-12-3-1-2-4-14(12)21(19,20)17-9-13(18)10-5-7-11(16)8-6-10/h1-8,13,17-18H,9,16H2. The molecule has 0 bridgehead atoms. The number of sulfonamides is 1. The van der Waals surface area contributed by atoms with Crippen molar-refractivity contribution in [3.05, 3.63) is 58.6 Å². The van der Waals surface area contributed by atoms with E-state index in [1.54, 1.807) is 42.5 Å². The topological polar surface area (TPSA) is 92.4 Å². The molecular formula is C14H15BrN2O3S. The number of aliphatic hydroxyl groups excluding tert-OH is 1. The zero-order valence-electron chi connectivity index (χ0n) is 11.0. The Morgan fingerprint density at radius 3 is 2.38 bits per heavy atom. The number of hydrogen-bond donors (Lipinski definition) is 3. The van der Waals surface area contributed by atoms with Crippen LogP contribution in [0.15, 0.2) is 57.9 Å². The molecule has 0 aliphatic rings. The second kappa shape index (κ2) is 6.57. The highest BCUT2D eigenvalue weighted by molar-refractivity contribution is 9.10. The molecule has 0 saturated carbocycles. The average Bonchev–Trinajstić information content (AvgIpc) is 2.46. The van der Waals surface area contributed by atoms with Gasteiger partial charge < -0.3 is 10.8 Å². The van der Waals surface area contributed by atoms with Gasteiger partial charge in [0.1, 0.15) is 0 Å². The minimum Gasteiger partial charge on any atom is -0.399 e. The fourth-order valence-electron chi connectivity index (χ4n) is 1.77. The molecule has 1 unspecified atom stereocenters. The van der Waals surface area contributed by atoms with E-state index in [9.17, 15) is 13.5 Å². The lowest BCUT2D eigenvalue weighted by molar-refractivity contribution is 0.182. The Morgan fingerprint density at radius 1 is 1.14 bits per heavy atom. The van der Waals surface area contributed by atoms with Gasteiger partial charge in [-0.05, 0) is 45.8 Å². The summed E-state index contributed by atoms with van der Waals surface area (Å²) >= 11 is 3.20. The molecule has 0 aromatic heterocycles. The smallest absolute Gasteiger partial charge is 0.241 e. The summed E-state index contributed by atoms with van der Waals surface area (Å²) in [5.41, 5.74) is 6.74. The first-order valence-electron chi connectivity index (χ1n) is 6.18. The Bertz CT molecular complexity index is 717. The van der Waals surface area contributed by atoms with E-state index in [2.05, 4.69) is 20.7 Å². The van der Waals surface area contributed by atoms with E-state index in [4.69, 9.17) is 5.73 Å². The summed E-state index contributed by atoms with van der Waals surface area (Å²) in [5, 5.41) is 10.0. The Balaban J connectivity index is 2.08. The second-order valence-electron chi connectivity index (χ2n) is 4.46. The first-order chi connectivity index (χ1) is 9.90. The predicted octanol–water partition coefficient (Wildman–Crippen LogP) is 2.04. The van der Waals surface area contributed by atoms with Gasteiger partial charge in [0.25, 0.3) is 0 Å². The van der Waals surface area contributed by atoms with Crippen LogP contribution in [0, 0.1) is 0 Å². The summed E-state index contributed by atoms with van der Waals surface area (Å²) in [7, 11) is -3.68. The van der Waals surface area contributed by atoms with Gasteiger partial charge in [0.05, 0.1) is 11.0 Å². The van der Waals surface area contributed by atoms with Crippen molar-refractivity contribution in [2.24, 2.45) is 0 Å². The lowest BCUT2D eigenvalue weighted by Gasteiger charge is -2.13.